The van der Waals surface area contributed by atoms with Crippen LogP contribution in [0.3, 0.4) is 0 Å². The Morgan fingerprint density at radius 2 is 1.63 bits per heavy atom. The summed E-state index contributed by atoms with van der Waals surface area (Å²) in [6.45, 7) is 3.50. The van der Waals surface area contributed by atoms with Gasteiger partial charge in [-0.2, -0.15) is 0 Å². The maximum absolute atomic E-state index is 13.4. The molecule has 1 amide bonds. The minimum Gasteiger partial charge on any atom is -0.324 e. The number of nitrogens with zero attached hydrogens (tertiary/aromatic N) is 1. The van der Waals surface area contributed by atoms with Crippen molar-refractivity contribution in [3.05, 3.63) is 88.9 Å². The first-order valence-electron chi connectivity index (χ1n) is 9.55. The summed E-state index contributed by atoms with van der Waals surface area (Å²) in [7, 11) is -4.00. The van der Waals surface area contributed by atoms with Gasteiger partial charge in [0.05, 0.1) is 15.6 Å². The van der Waals surface area contributed by atoms with Crippen LogP contribution in [0.5, 0.6) is 0 Å². The molecule has 156 valence electrons. The van der Waals surface area contributed by atoms with E-state index in [1.165, 1.54) is 12.1 Å². The molecule has 0 aliphatic carbocycles. The van der Waals surface area contributed by atoms with Crippen LogP contribution in [-0.4, -0.2) is 20.9 Å². The highest BCUT2D eigenvalue weighted by molar-refractivity contribution is 7.92. The molecule has 0 aromatic heterocycles. The third kappa shape index (κ3) is 4.66. The van der Waals surface area contributed by atoms with Crippen LogP contribution in [0.25, 0.3) is 0 Å². The number of hydrogen-bond donors (Lipinski definition) is 1. The Morgan fingerprint density at radius 1 is 0.967 bits per heavy atom. The third-order valence-corrected chi connectivity index (χ3v) is 6.84. The smallest absolute Gasteiger partial charge is 0.264 e. The van der Waals surface area contributed by atoms with Crippen molar-refractivity contribution in [3.8, 4) is 0 Å². The first-order chi connectivity index (χ1) is 14.3. The number of carbonyl (C=O) groups excluding carboxylic acids is 1. The number of benzene rings is 3. The zero-order valence-corrected chi connectivity index (χ0v) is 18.4. The molecule has 0 aliphatic rings. The minimum absolute atomic E-state index is 0.0860. The summed E-state index contributed by atoms with van der Waals surface area (Å²) in [5, 5.41) is 3.13. The Labute approximate surface area is 182 Å². The topological polar surface area (TPSA) is 66.5 Å². The number of para-hydroxylation sites is 2. The van der Waals surface area contributed by atoms with Crippen LogP contribution < -0.4 is 9.62 Å². The molecule has 5 nitrogen and oxygen atoms in total. The highest BCUT2D eigenvalue weighted by atomic mass is 35.5. The molecule has 0 aliphatic heterocycles. The van der Waals surface area contributed by atoms with Crippen LogP contribution in [0.4, 0.5) is 11.4 Å². The SMILES string of the molecule is CCc1cccc(C)c1NC(=O)CN(c1ccccc1Cl)S(=O)(=O)c1ccccc1. The van der Waals surface area contributed by atoms with E-state index in [0.29, 0.717) is 5.69 Å². The monoisotopic (exact) mass is 442 g/mol. The molecule has 1 N–H and O–H groups in total. The molecule has 3 aromatic carbocycles. The second kappa shape index (κ2) is 9.32. The number of anilines is 2. The van der Waals surface area contributed by atoms with E-state index in [2.05, 4.69) is 5.32 Å². The Bertz CT molecular complexity index is 1150. The van der Waals surface area contributed by atoms with Gasteiger partial charge in [0.25, 0.3) is 10.0 Å². The van der Waals surface area contributed by atoms with Gasteiger partial charge in [-0.15, -0.1) is 0 Å². The van der Waals surface area contributed by atoms with Crippen LogP contribution in [0.2, 0.25) is 5.02 Å². The average Bonchev–Trinajstić information content (AvgIpc) is 2.74. The molecule has 30 heavy (non-hydrogen) atoms. The molecule has 3 aromatic rings. The summed E-state index contributed by atoms with van der Waals surface area (Å²) in [6, 6.07) is 20.3. The van der Waals surface area contributed by atoms with Gasteiger partial charge in [-0.1, -0.05) is 67.1 Å². The van der Waals surface area contributed by atoms with Gasteiger partial charge in [-0.25, -0.2) is 8.42 Å². The van der Waals surface area contributed by atoms with Gasteiger partial charge in [0.15, 0.2) is 0 Å². The van der Waals surface area contributed by atoms with Gasteiger partial charge in [-0.3, -0.25) is 9.10 Å². The molecule has 0 radical (unpaired) electrons. The number of sulfonamides is 1. The van der Waals surface area contributed by atoms with E-state index in [9.17, 15) is 13.2 Å². The summed E-state index contributed by atoms with van der Waals surface area (Å²) < 4.78 is 27.7. The maximum Gasteiger partial charge on any atom is 0.264 e. The van der Waals surface area contributed by atoms with E-state index >= 15 is 0 Å². The van der Waals surface area contributed by atoms with E-state index in [1.54, 1.807) is 42.5 Å². The molecule has 0 bridgehead atoms. The fourth-order valence-corrected chi connectivity index (χ4v) is 4.93. The Kier molecular flexibility index (Phi) is 6.80. The van der Waals surface area contributed by atoms with Crippen LogP contribution in [0.1, 0.15) is 18.1 Å². The van der Waals surface area contributed by atoms with Crippen molar-refractivity contribution < 1.29 is 13.2 Å². The predicted octanol–water partition coefficient (Wildman–Crippen LogP) is 5.04. The van der Waals surface area contributed by atoms with Gasteiger partial charge in [0.2, 0.25) is 5.91 Å². The fraction of sp³-hybridized carbons (Fsp3) is 0.174. The largest absolute Gasteiger partial charge is 0.324 e. The van der Waals surface area contributed by atoms with Crippen molar-refractivity contribution in [2.75, 3.05) is 16.2 Å². The van der Waals surface area contributed by atoms with Gasteiger partial charge in [-0.05, 0) is 48.7 Å². The summed E-state index contributed by atoms with van der Waals surface area (Å²) in [5.41, 5.74) is 2.86. The first kappa shape index (κ1) is 21.9. The van der Waals surface area contributed by atoms with Crippen LogP contribution in [0, 0.1) is 6.92 Å². The summed E-state index contributed by atoms with van der Waals surface area (Å²) in [6.07, 6.45) is 0.744. The maximum atomic E-state index is 13.4. The molecule has 0 saturated heterocycles. The van der Waals surface area contributed by atoms with Gasteiger partial charge < -0.3 is 5.32 Å². The molecule has 0 atom stereocenters. The van der Waals surface area contributed by atoms with E-state index in [-0.39, 0.29) is 15.6 Å². The molecule has 0 fully saturated rings. The molecule has 0 unspecified atom stereocenters. The molecule has 3 rings (SSSR count). The molecular weight excluding hydrogens is 420 g/mol. The number of amides is 1. The lowest BCUT2D eigenvalue weighted by molar-refractivity contribution is -0.114. The van der Waals surface area contributed by atoms with Gasteiger partial charge in [0, 0.05) is 5.69 Å². The zero-order valence-electron chi connectivity index (χ0n) is 16.8. The zero-order chi connectivity index (χ0) is 21.7. The van der Waals surface area contributed by atoms with Crippen molar-refractivity contribution >= 4 is 38.9 Å². The fourth-order valence-electron chi connectivity index (χ4n) is 3.18. The number of aryl methyl sites for hydroxylation is 2. The highest BCUT2D eigenvalue weighted by Gasteiger charge is 2.28. The molecular formula is C23H23ClN2O3S. The predicted molar refractivity (Wildman–Crippen MR) is 122 cm³/mol. The number of halogens is 1. The van der Waals surface area contributed by atoms with E-state index < -0.39 is 22.5 Å². The molecule has 7 heteroatoms. The van der Waals surface area contributed by atoms with Crippen molar-refractivity contribution in [3.63, 3.8) is 0 Å². The summed E-state index contributed by atoms with van der Waals surface area (Å²) in [4.78, 5) is 13.0. The second-order valence-electron chi connectivity index (χ2n) is 6.79. The quantitative estimate of drug-likeness (QED) is 0.557. The van der Waals surface area contributed by atoms with Crippen molar-refractivity contribution in [1.82, 2.24) is 0 Å². The Hall–Kier alpha value is -2.83. The molecule has 0 heterocycles. The number of rotatable bonds is 7. The molecule has 0 spiro atoms. The second-order valence-corrected chi connectivity index (χ2v) is 9.06. The van der Waals surface area contributed by atoms with E-state index in [0.717, 1.165) is 21.9 Å². The third-order valence-electron chi connectivity index (χ3n) is 4.74. The van der Waals surface area contributed by atoms with Crippen molar-refractivity contribution in [2.45, 2.75) is 25.2 Å². The summed E-state index contributed by atoms with van der Waals surface area (Å²) in [5.74, 6) is -0.446. The normalized spacial score (nSPS) is 11.2. The van der Waals surface area contributed by atoms with Crippen molar-refractivity contribution in [1.29, 1.82) is 0 Å². The lowest BCUT2D eigenvalue weighted by atomic mass is 10.1. The lowest BCUT2D eigenvalue weighted by Gasteiger charge is -2.25. The van der Waals surface area contributed by atoms with E-state index in [4.69, 9.17) is 11.6 Å². The minimum atomic E-state index is -4.00. The Balaban J connectivity index is 1.98. The molecule has 0 saturated carbocycles. The highest BCUT2D eigenvalue weighted by Crippen LogP contribution is 2.30. The lowest BCUT2D eigenvalue weighted by Crippen LogP contribution is -2.38. The average molecular weight is 443 g/mol. The van der Waals surface area contributed by atoms with Crippen molar-refractivity contribution in [2.24, 2.45) is 0 Å². The number of nitrogens with one attached hydrogen (secondary N) is 1. The number of hydrogen-bond acceptors (Lipinski definition) is 3. The first-order valence-corrected chi connectivity index (χ1v) is 11.4. The van der Waals surface area contributed by atoms with Crippen LogP contribution in [-0.2, 0) is 21.2 Å². The number of carbonyl (C=O) groups is 1. The summed E-state index contributed by atoms with van der Waals surface area (Å²) >= 11 is 6.29. The van der Waals surface area contributed by atoms with Crippen LogP contribution in [0.15, 0.2) is 77.7 Å². The van der Waals surface area contributed by atoms with Gasteiger partial charge >= 0.3 is 0 Å². The standard InChI is InChI=1S/C23H23ClN2O3S/c1-3-18-11-9-10-17(2)23(18)25-22(27)16-26(21-15-8-7-14-20(21)24)30(28,29)19-12-5-4-6-13-19/h4-15H,3,16H2,1-2H3,(H,25,27). The van der Waals surface area contributed by atoms with Gasteiger partial charge in [0.1, 0.15) is 6.54 Å². The van der Waals surface area contributed by atoms with Crippen LogP contribution >= 0.6 is 11.6 Å². The Morgan fingerprint density at radius 3 is 2.30 bits per heavy atom. The van der Waals surface area contributed by atoms with E-state index in [1.807, 2.05) is 32.0 Å².